The number of hydrogen-bond donors (Lipinski definition) is 3. The SMILES string of the molecule is CN/C=C(\C=N)CNC(=O)c1cc(-n2nncc2C2CCC2)c2ncc(-c3ccc(C)s3)n2c1. The molecule has 0 aliphatic heterocycles. The largest absolute Gasteiger partial charge is 0.394 e. The molecule has 5 rings (SSSR count). The molecule has 0 saturated heterocycles. The Morgan fingerprint density at radius 2 is 2.18 bits per heavy atom. The van der Waals surface area contributed by atoms with Gasteiger partial charge in [-0.15, -0.1) is 16.4 Å². The second-order valence-corrected chi connectivity index (χ2v) is 9.68. The molecule has 0 aromatic carbocycles. The van der Waals surface area contributed by atoms with Gasteiger partial charge in [-0.1, -0.05) is 11.6 Å². The summed E-state index contributed by atoms with van der Waals surface area (Å²) >= 11 is 1.69. The third-order valence-corrected chi connectivity index (χ3v) is 7.16. The monoisotopic (exact) mass is 474 g/mol. The predicted octanol–water partition coefficient (Wildman–Crippen LogP) is 3.70. The summed E-state index contributed by atoms with van der Waals surface area (Å²) < 4.78 is 3.79. The zero-order valence-electron chi connectivity index (χ0n) is 19.1. The van der Waals surface area contributed by atoms with Gasteiger partial charge < -0.3 is 16.0 Å². The van der Waals surface area contributed by atoms with Crippen LogP contribution in [-0.2, 0) is 0 Å². The highest BCUT2D eigenvalue weighted by Gasteiger charge is 2.26. The first kappa shape index (κ1) is 22.0. The van der Waals surface area contributed by atoms with Gasteiger partial charge in [-0.25, -0.2) is 9.67 Å². The maximum Gasteiger partial charge on any atom is 0.253 e. The summed E-state index contributed by atoms with van der Waals surface area (Å²) in [5, 5.41) is 21.9. The van der Waals surface area contributed by atoms with E-state index in [-0.39, 0.29) is 12.5 Å². The number of aryl methyl sites for hydroxylation is 1. The highest BCUT2D eigenvalue weighted by molar-refractivity contribution is 7.15. The van der Waals surface area contributed by atoms with Crippen LogP contribution in [0.3, 0.4) is 0 Å². The number of imidazole rings is 1. The lowest BCUT2D eigenvalue weighted by molar-refractivity contribution is 0.0957. The van der Waals surface area contributed by atoms with Crippen LogP contribution in [0, 0.1) is 12.3 Å². The Morgan fingerprint density at radius 3 is 2.85 bits per heavy atom. The molecule has 0 unspecified atom stereocenters. The summed E-state index contributed by atoms with van der Waals surface area (Å²) in [6.07, 6.45) is 11.8. The van der Waals surface area contributed by atoms with E-state index in [0.717, 1.165) is 40.4 Å². The number of nitrogens with one attached hydrogen (secondary N) is 3. The number of thiophene rings is 1. The average molecular weight is 475 g/mol. The Hall–Kier alpha value is -3.79. The van der Waals surface area contributed by atoms with E-state index in [2.05, 4.69) is 40.0 Å². The molecular weight excluding hydrogens is 448 g/mol. The fourth-order valence-electron chi connectivity index (χ4n) is 4.13. The van der Waals surface area contributed by atoms with Crippen molar-refractivity contribution < 1.29 is 4.79 Å². The van der Waals surface area contributed by atoms with Gasteiger partial charge in [-0.3, -0.25) is 9.20 Å². The van der Waals surface area contributed by atoms with E-state index in [1.807, 2.05) is 33.7 Å². The molecule has 10 heteroatoms. The molecule has 4 heterocycles. The third-order valence-electron chi connectivity index (χ3n) is 6.14. The minimum absolute atomic E-state index is 0.237. The Bertz CT molecular complexity index is 1390. The minimum Gasteiger partial charge on any atom is -0.394 e. The summed E-state index contributed by atoms with van der Waals surface area (Å²) in [6.45, 7) is 2.32. The topological polar surface area (TPSA) is 113 Å². The van der Waals surface area contributed by atoms with Gasteiger partial charge in [0.05, 0.1) is 34.2 Å². The molecule has 1 fully saturated rings. The smallest absolute Gasteiger partial charge is 0.253 e. The fourth-order valence-corrected chi connectivity index (χ4v) is 5.00. The first-order valence-corrected chi connectivity index (χ1v) is 12.0. The Morgan fingerprint density at radius 1 is 1.32 bits per heavy atom. The van der Waals surface area contributed by atoms with Gasteiger partial charge >= 0.3 is 0 Å². The van der Waals surface area contributed by atoms with E-state index < -0.39 is 0 Å². The Balaban J connectivity index is 1.61. The number of rotatable bonds is 8. The maximum atomic E-state index is 13.2. The number of nitrogens with zero attached hydrogens (tertiary/aromatic N) is 5. The van der Waals surface area contributed by atoms with E-state index >= 15 is 0 Å². The lowest BCUT2D eigenvalue weighted by Crippen LogP contribution is -2.27. The second-order valence-electron chi connectivity index (χ2n) is 8.39. The number of pyridine rings is 1. The van der Waals surface area contributed by atoms with Gasteiger partial charge in [-0.05, 0) is 38.0 Å². The quantitative estimate of drug-likeness (QED) is 0.337. The Kier molecular flexibility index (Phi) is 5.97. The van der Waals surface area contributed by atoms with Gasteiger partial charge in [0.1, 0.15) is 5.69 Å². The van der Waals surface area contributed by atoms with Crippen molar-refractivity contribution in [2.45, 2.75) is 32.1 Å². The first-order valence-electron chi connectivity index (χ1n) is 11.2. The van der Waals surface area contributed by atoms with Crippen LogP contribution < -0.4 is 10.6 Å². The minimum atomic E-state index is -0.237. The van der Waals surface area contributed by atoms with Crippen LogP contribution in [0.1, 0.15) is 46.1 Å². The molecule has 1 amide bonds. The molecule has 1 saturated carbocycles. The van der Waals surface area contributed by atoms with E-state index in [4.69, 9.17) is 10.4 Å². The normalized spacial score (nSPS) is 14.2. The molecule has 4 aromatic rings. The van der Waals surface area contributed by atoms with E-state index in [0.29, 0.717) is 17.1 Å². The summed E-state index contributed by atoms with van der Waals surface area (Å²) in [4.78, 5) is 20.2. The maximum absolute atomic E-state index is 13.2. The van der Waals surface area contributed by atoms with Crippen molar-refractivity contribution in [1.82, 2.24) is 35.0 Å². The summed E-state index contributed by atoms with van der Waals surface area (Å²) in [6, 6.07) is 5.98. The van der Waals surface area contributed by atoms with E-state index in [9.17, 15) is 4.79 Å². The second kappa shape index (κ2) is 9.22. The predicted molar refractivity (Wildman–Crippen MR) is 133 cm³/mol. The van der Waals surface area contributed by atoms with Crippen LogP contribution in [0.4, 0.5) is 0 Å². The summed E-state index contributed by atoms with van der Waals surface area (Å²) in [5.41, 5.74) is 4.57. The zero-order valence-corrected chi connectivity index (χ0v) is 19.9. The molecule has 34 heavy (non-hydrogen) atoms. The van der Waals surface area contributed by atoms with Gasteiger partial charge in [0, 0.05) is 48.6 Å². The van der Waals surface area contributed by atoms with Crippen LogP contribution in [0.25, 0.3) is 21.9 Å². The van der Waals surface area contributed by atoms with Crippen LogP contribution in [-0.4, -0.2) is 50.1 Å². The molecule has 9 nitrogen and oxygen atoms in total. The van der Waals surface area contributed by atoms with Crippen LogP contribution in [0.2, 0.25) is 0 Å². The van der Waals surface area contributed by atoms with Crippen molar-refractivity contribution in [3.63, 3.8) is 0 Å². The number of carbonyl (C=O) groups is 1. The molecule has 1 aliphatic carbocycles. The van der Waals surface area contributed by atoms with Gasteiger partial charge in [0.25, 0.3) is 5.91 Å². The van der Waals surface area contributed by atoms with Crippen LogP contribution in [0.5, 0.6) is 0 Å². The van der Waals surface area contributed by atoms with Gasteiger partial charge in [0.2, 0.25) is 0 Å². The van der Waals surface area contributed by atoms with Gasteiger partial charge in [-0.2, -0.15) is 0 Å². The molecule has 174 valence electrons. The third kappa shape index (κ3) is 4.01. The molecule has 4 aromatic heterocycles. The van der Waals surface area contributed by atoms with Crippen molar-refractivity contribution in [2.24, 2.45) is 0 Å². The molecule has 3 N–H and O–H groups in total. The molecule has 1 aliphatic rings. The highest BCUT2D eigenvalue weighted by Crippen LogP contribution is 2.37. The van der Waals surface area contributed by atoms with Crippen molar-refractivity contribution in [3.8, 4) is 16.3 Å². The van der Waals surface area contributed by atoms with Crippen molar-refractivity contribution in [2.75, 3.05) is 13.6 Å². The van der Waals surface area contributed by atoms with Crippen molar-refractivity contribution in [3.05, 3.63) is 64.7 Å². The highest BCUT2D eigenvalue weighted by atomic mass is 32.1. The number of carbonyl (C=O) groups excluding carboxylic acids is 1. The van der Waals surface area contributed by atoms with E-state index in [1.165, 1.54) is 17.5 Å². The molecule has 0 bridgehead atoms. The number of amides is 1. The fraction of sp³-hybridized carbons (Fsp3) is 0.292. The van der Waals surface area contributed by atoms with Crippen molar-refractivity contribution >= 4 is 29.1 Å². The van der Waals surface area contributed by atoms with Crippen molar-refractivity contribution in [1.29, 1.82) is 5.41 Å². The standard InChI is InChI=1S/C24H26N8OS/c1-15-6-7-22(34-15)21-12-27-23-19(32-20(13-29-30-32)17-4-3-5-17)8-18(14-31(21)23)24(33)28-11-16(9-25)10-26-2/h6-10,12-14,17,25-26H,3-5,11H2,1-2H3,(H,28,33)/b16-10+,25-9?. The number of aromatic nitrogens is 5. The molecular formula is C24H26N8OS. The average Bonchev–Trinajstić information content (AvgIpc) is 3.54. The van der Waals surface area contributed by atoms with Crippen LogP contribution >= 0.6 is 11.3 Å². The first-order chi connectivity index (χ1) is 16.6. The zero-order chi connectivity index (χ0) is 23.7. The molecule has 0 atom stereocenters. The number of hydrogen-bond acceptors (Lipinski definition) is 7. The lowest BCUT2D eigenvalue weighted by atomic mass is 9.83. The number of fused-ring (bicyclic) bond motifs is 1. The summed E-state index contributed by atoms with van der Waals surface area (Å²) in [5.74, 6) is 0.183. The molecule has 0 spiro atoms. The van der Waals surface area contributed by atoms with Crippen LogP contribution in [0.15, 0.2) is 48.6 Å². The molecule has 0 radical (unpaired) electrons. The lowest BCUT2D eigenvalue weighted by Gasteiger charge is -2.25. The summed E-state index contributed by atoms with van der Waals surface area (Å²) in [7, 11) is 1.76. The van der Waals surface area contributed by atoms with Gasteiger partial charge in [0.15, 0.2) is 5.65 Å². The Labute approximate surface area is 201 Å². The van der Waals surface area contributed by atoms with E-state index in [1.54, 1.807) is 24.6 Å².